The Morgan fingerprint density at radius 2 is 1.64 bits per heavy atom. The van der Waals surface area contributed by atoms with Crippen LogP contribution in [-0.4, -0.2) is 38.2 Å². The maximum absolute atomic E-state index is 12.0. The van der Waals surface area contributed by atoms with Gasteiger partial charge in [0.25, 0.3) is 11.8 Å². The predicted octanol–water partition coefficient (Wildman–Crippen LogP) is 2.32. The Hall–Kier alpha value is -3.22. The van der Waals surface area contributed by atoms with Gasteiger partial charge in [0.2, 0.25) is 0 Å². The van der Waals surface area contributed by atoms with Crippen LogP contribution in [0.1, 0.15) is 29.8 Å². The summed E-state index contributed by atoms with van der Waals surface area (Å²) >= 11 is 0. The van der Waals surface area contributed by atoms with Gasteiger partial charge in [-0.2, -0.15) is 0 Å². The van der Waals surface area contributed by atoms with Crippen molar-refractivity contribution in [2.75, 3.05) is 26.4 Å². The van der Waals surface area contributed by atoms with Gasteiger partial charge in [-0.05, 0) is 50.1 Å². The maximum Gasteiger partial charge on any atom is 0.257 e. The van der Waals surface area contributed by atoms with E-state index in [1.54, 1.807) is 24.3 Å². The molecule has 2 rings (SSSR count). The van der Waals surface area contributed by atoms with Crippen molar-refractivity contribution in [1.29, 1.82) is 0 Å². The minimum Gasteiger partial charge on any atom is -0.490 e. The van der Waals surface area contributed by atoms with Gasteiger partial charge in [-0.25, -0.2) is 0 Å². The van der Waals surface area contributed by atoms with E-state index < -0.39 is 5.91 Å². The molecule has 7 nitrogen and oxygen atoms in total. The summed E-state index contributed by atoms with van der Waals surface area (Å²) in [7, 11) is 0. The highest BCUT2D eigenvalue weighted by Crippen LogP contribution is 2.28. The van der Waals surface area contributed by atoms with Gasteiger partial charge in [0.1, 0.15) is 5.75 Å². The Morgan fingerprint density at radius 3 is 2.36 bits per heavy atom. The summed E-state index contributed by atoms with van der Waals surface area (Å²) in [6.07, 6.45) is 0.635. The molecule has 0 saturated carbocycles. The van der Waals surface area contributed by atoms with Crippen molar-refractivity contribution in [1.82, 2.24) is 5.32 Å². The standard InChI is InChI=1S/C21H26N2O5/c1-3-26-18-10-9-15(13-19(18)27-4-2)11-12-23-20(24)14-28-17-8-6-5-7-16(17)21(22)25/h5-10,13H,3-4,11-12,14H2,1-2H3,(H2,22,25)(H,23,24). The summed E-state index contributed by atoms with van der Waals surface area (Å²) in [5.41, 5.74) is 6.55. The van der Waals surface area contributed by atoms with Crippen LogP contribution in [-0.2, 0) is 11.2 Å². The lowest BCUT2D eigenvalue weighted by atomic mass is 10.1. The van der Waals surface area contributed by atoms with E-state index in [0.29, 0.717) is 37.7 Å². The van der Waals surface area contributed by atoms with Gasteiger partial charge in [0.05, 0.1) is 18.8 Å². The van der Waals surface area contributed by atoms with E-state index in [0.717, 1.165) is 5.56 Å². The molecule has 0 aromatic heterocycles. The van der Waals surface area contributed by atoms with E-state index in [4.69, 9.17) is 19.9 Å². The van der Waals surface area contributed by atoms with E-state index in [1.165, 1.54) is 0 Å². The van der Waals surface area contributed by atoms with Crippen LogP contribution in [0.2, 0.25) is 0 Å². The lowest BCUT2D eigenvalue weighted by Crippen LogP contribution is -2.31. The number of ether oxygens (including phenoxy) is 3. The van der Waals surface area contributed by atoms with Crippen LogP contribution >= 0.6 is 0 Å². The van der Waals surface area contributed by atoms with Gasteiger partial charge < -0.3 is 25.3 Å². The van der Waals surface area contributed by atoms with Crippen LogP contribution in [0.25, 0.3) is 0 Å². The smallest absolute Gasteiger partial charge is 0.257 e. The van der Waals surface area contributed by atoms with E-state index in [9.17, 15) is 9.59 Å². The van der Waals surface area contributed by atoms with Gasteiger partial charge in [0, 0.05) is 6.54 Å². The van der Waals surface area contributed by atoms with Crippen LogP contribution in [0.5, 0.6) is 17.2 Å². The largest absolute Gasteiger partial charge is 0.490 e. The average molecular weight is 386 g/mol. The molecule has 2 aromatic carbocycles. The zero-order valence-corrected chi connectivity index (χ0v) is 16.2. The third-order valence-corrected chi connectivity index (χ3v) is 3.85. The van der Waals surface area contributed by atoms with Crippen molar-refractivity contribution in [3.8, 4) is 17.2 Å². The molecule has 3 N–H and O–H groups in total. The van der Waals surface area contributed by atoms with Crippen molar-refractivity contribution in [3.05, 3.63) is 53.6 Å². The highest BCUT2D eigenvalue weighted by atomic mass is 16.5. The Morgan fingerprint density at radius 1 is 0.929 bits per heavy atom. The number of para-hydroxylation sites is 1. The first-order valence-corrected chi connectivity index (χ1v) is 9.22. The fourth-order valence-corrected chi connectivity index (χ4v) is 2.59. The summed E-state index contributed by atoms with van der Waals surface area (Å²) in [5.74, 6) is 0.808. The van der Waals surface area contributed by atoms with Crippen molar-refractivity contribution >= 4 is 11.8 Å². The predicted molar refractivity (Wildman–Crippen MR) is 106 cm³/mol. The molecule has 0 fully saturated rings. The van der Waals surface area contributed by atoms with Crippen molar-refractivity contribution < 1.29 is 23.8 Å². The number of carbonyl (C=O) groups excluding carboxylic acids is 2. The molecule has 0 saturated heterocycles. The third kappa shape index (κ3) is 6.19. The zero-order valence-electron chi connectivity index (χ0n) is 16.2. The maximum atomic E-state index is 12.0. The molecule has 2 aromatic rings. The topological polar surface area (TPSA) is 99.9 Å². The first kappa shape index (κ1) is 21.1. The number of carbonyl (C=O) groups is 2. The van der Waals surface area contributed by atoms with Gasteiger partial charge in [-0.3, -0.25) is 9.59 Å². The molecule has 0 unspecified atom stereocenters. The quantitative estimate of drug-likeness (QED) is 0.617. The fourth-order valence-electron chi connectivity index (χ4n) is 2.59. The molecule has 7 heteroatoms. The van der Waals surface area contributed by atoms with Crippen LogP contribution < -0.4 is 25.3 Å². The van der Waals surface area contributed by atoms with Crippen molar-refractivity contribution in [2.45, 2.75) is 20.3 Å². The second-order valence-electron chi connectivity index (χ2n) is 5.90. The lowest BCUT2D eigenvalue weighted by Gasteiger charge is -2.13. The molecular weight excluding hydrogens is 360 g/mol. The minimum atomic E-state index is -0.600. The third-order valence-electron chi connectivity index (χ3n) is 3.85. The first-order valence-electron chi connectivity index (χ1n) is 9.22. The SMILES string of the molecule is CCOc1ccc(CCNC(=O)COc2ccccc2C(N)=O)cc1OCC. The van der Waals surface area contributed by atoms with Crippen molar-refractivity contribution in [3.63, 3.8) is 0 Å². The van der Waals surface area contributed by atoms with E-state index in [2.05, 4.69) is 5.32 Å². The molecule has 0 radical (unpaired) electrons. The van der Waals surface area contributed by atoms with Gasteiger partial charge in [-0.15, -0.1) is 0 Å². The zero-order chi connectivity index (χ0) is 20.4. The highest BCUT2D eigenvalue weighted by molar-refractivity contribution is 5.95. The van der Waals surface area contributed by atoms with Crippen LogP contribution in [0, 0.1) is 0 Å². The summed E-state index contributed by atoms with van der Waals surface area (Å²) in [4.78, 5) is 23.4. The normalized spacial score (nSPS) is 10.2. The fraction of sp³-hybridized carbons (Fsp3) is 0.333. The Bertz CT molecular complexity index is 807. The molecule has 0 aliphatic heterocycles. The van der Waals surface area contributed by atoms with E-state index in [-0.39, 0.29) is 23.8 Å². The van der Waals surface area contributed by atoms with E-state index >= 15 is 0 Å². The molecule has 0 atom stereocenters. The number of rotatable bonds is 11. The molecule has 150 valence electrons. The molecule has 2 amide bonds. The molecule has 0 heterocycles. The number of benzene rings is 2. The van der Waals surface area contributed by atoms with Gasteiger partial charge in [0.15, 0.2) is 18.1 Å². The Labute approximate surface area is 164 Å². The second kappa shape index (κ2) is 10.8. The number of amides is 2. The molecule has 0 bridgehead atoms. The molecule has 28 heavy (non-hydrogen) atoms. The Balaban J connectivity index is 1.84. The number of nitrogens with one attached hydrogen (secondary N) is 1. The number of primary amides is 1. The summed E-state index contributed by atoms with van der Waals surface area (Å²) < 4.78 is 16.6. The number of hydrogen-bond donors (Lipinski definition) is 2. The summed E-state index contributed by atoms with van der Waals surface area (Å²) in [5, 5.41) is 2.79. The lowest BCUT2D eigenvalue weighted by molar-refractivity contribution is -0.123. The molecular formula is C21H26N2O5. The summed E-state index contributed by atoms with van der Waals surface area (Å²) in [6.45, 7) is 5.19. The highest BCUT2D eigenvalue weighted by Gasteiger charge is 2.11. The monoisotopic (exact) mass is 386 g/mol. The molecule has 0 aliphatic carbocycles. The van der Waals surface area contributed by atoms with Crippen LogP contribution in [0.4, 0.5) is 0 Å². The van der Waals surface area contributed by atoms with Gasteiger partial charge >= 0.3 is 0 Å². The van der Waals surface area contributed by atoms with Crippen LogP contribution in [0.3, 0.4) is 0 Å². The first-order chi connectivity index (χ1) is 13.5. The summed E-state index contributed by atoms with van der Waals surface area (Å²) in [6, 6.07) is 12.3. The van der Waals surface area contributed by atoms with E-state index in [1.807, 2.05) is 32.0 Å². The second-order valence-corrected chi connectivity index (χ2v) is 5.90. The minimum absolute atomic E-state index is 0.197. The number of hydrogen-bond acceptors (Lipinski definition) is 5. The van der Waals surface area contributed by atoms with Crippen molar-refractivity contribution in [2.24, 2.45) is 5.73 Å². The molecule has 0 spiro atoms. The molecule has 0 aliphatic rings. The number of nitrogens with two attached hydrogens (primary N) is 1. The Kier molecular flexibility index (Phi) is 8.14. The van der Waals surface area contributed by atoms with Gasteiger partial charge in [-0.1, -0.05) is 18.2 Å². The van der Waals surface area contributed by atoms with Crippen LogP contribution in [0.15, 0.2) is 42.5 Å². The average Bonchev–Trinajstić information content (AvgIpc) is 2.69.